The van der Waals surface area contributed by atoms with Gasteiger partial charge in [0.15, 0.2) is 5.82 Å². The van der Waals surface area contributed by atoms with E-state index in [1.807, 2.05) is 11.4 Å². The number of hydrogen-bond donors (Lipinski definition) is 0. The molecule has 11 nitrogen and oxygen atoms in total. The third-order valence-electron chi connectivity index (χ3n) is 5.73. The van der Waals surface area contributed by atoms with Gasteiger partial charge in [-0.05, 0) is 38.7 Å². The monoisotopic (exact) mass is 406 g/mol. The van der Waals surface area contributed by atoms with Crippen molar-refractivity contribution in [1.82, 2.24) is 44.1 Å². The molecule has 4 aromatic rings. The van der Waals surface area contributed by atoms with E-state index >= 15 is 0 Å². The molecule has 1 aliphatic rings. The normalized spacial score (nSPS) is 15.2. The van der Waals surface area contributed by atoms with Crippen LogP contribution >= 0.6 is 0 Å². The molecule has 0 spiro atoms. The molecule has 0 saturated carbocycles. The van der Waals surface area contributed by atoms with Crippen molar-refractivity contribution in [2.24, 2.45) is 5.92 Å². The molecule has 11 heteroatoms. The van der Waals surface area contributed by atoms with Crippen LogP contribution in [0.25, 0.3) is 11.6 Å². The molecule has 4 aromatic heterocycles. The Morgan fingerprint density at radius 1 is 1.10 bits per heavy atom. The van der Waals surface area contributed by atoms with Crippen LogP contribution in [0.3, 0.4) is 0 Å². The van der Waals surface area contributed by atoms with E-state index < -0.39 is 0 Å². The molecule has 0 atom stereocenters. The summed E-state index contributed by atoms with van der Waals surface area (Å²) in [6.07, 6.45) is 6.47. The molecule has 0 unspecified atom stereocenters. The highest BCUT2D eigenvalue weighted by Crippen LogP contribution is 2.27. The molecular weight excluding hydrogens is 384 g/mol. The zero-order chi connectivity index (χ0) is 20.7. The van der Waals surface area contributed by atoms with Crippen molar-refractivity contribution in [1.29, 1.82) is 0 Å². The average molecular weight is 406 g/mol. The van der Waals surface area contributed by atoms with Gasteiger partial charge in [0.25, 0.3) is 11.3 Å². The Morgan fingerprint density at radius 3 is 2.70 bits per heavy atom. The molecule has 0 bridgehead atoms. The van der Waals surface area contributed by atoms with E-state index in [0.29, 0.717) is 24.1 Å². The number of rotatable bonds is 4. The Labute approximate surface area is 172 Å². The Morgan fingerprint density at radius 2 is 1.93 bits per heavy atom. The van der Waals surface area contributed by atoms with Crippen molar-refractivity contribution >= 4 is 11.6 Å². The van der Waals surface area contributed by atoms with Crippen LogP contribution in [0.2, 0.25) is 0 Å². The number of aromatic nitrogens is 9. The summed E-state index contributed by atoms with van der Waals surface area (Å²) in [7, 11) is 0. The van der Waals surface area contributed by atoms with E-state index in [2.05, 4.69) is 42.1 Å². The van der Waals surface area contributed by atoms with E-state index in [4.69, 9.17) is 0 Å². The molecule has 154 valence electrons. The van der Waals surface area contributed by atoms with Crippen LogP contribution in [-0.2, 0) is 6.54 Å². The fourth-order valence-electron chi connectivity index (χ4n) is 3.98. The van der Waals surface area contributed by atoms with Gasteiger partial charge in [0, 0.05) is 37.0 Å². The fraction of sp³-hybridized carbons (Fsp3) is 0.421. The third kappa shape index (κ3) is 3.21. The summed E-state index contributed by atoms with van der Waals surface area (Å²) in [5, 5.41) is 12.9. The van der Waals surface area contributed by atoms with E-state index in [9.17, 15) is 4.79 Å². The fourth-order valence-corrected chi connectivity index (χ4v) is 3.98. The number of fused-ring (bicyclic) bond motifs is 1. The Bertz CT molecular complexity index is 1230. The van der Waals surface area contributed by atoms with Crippen molar-refractivity contribution in [3.8, 4) is 5.82 Å². The first-order valence-corrected chi connectivity index (χ1v) is 9.95. The van der Waals surface area contributed by atoms with Crippen LogP contribution in [0.15, 0.2) is 35.9 Å². The first-order chi connectivity index (χ1) is 14.6. The molecule has 5 heterocycles. The molecule has 0 N–H and O–H groups in total. The highest BCUT2D eigenvalue weighted by molar-refractivity contribution is 5.54. The minimum Gasteiger partial charge on any atom is -0.356 e. The number of aryl methyl sites for hydroxylation is 1. The van der Waals surface area contributed by atoms with Gasteiger partial charge in [0.05, 0.1) is 0 Å². The maximum absolute atomic E-state index is 12.3. The van der Waals surface area contributed by atoms with Crippen molar-refractivity contribution in [2.45, 2.75) is 33.2 Å². The van der Waals surface area contributed by atoms with E-state index in [-0.39, 0.29) is 5.56 Å². The number of nitrogens with zero attached hydrogens (tertiary/aromatic N) is 10. The standard InChI is InChI=1S/C19H22N10O/c1-13-14(2)24-19-21-11-23-29(19)18(13)26-7-5-15(6-8-26)9-27-17(30)4-3-16(25-27)28-12-20-10-22-28/h3-4,10-12,15H,5-9H2,1-2H3. The topological polar surface area (TPSA) is 112 Å². The first-order valence-electron chi connectivity index (χ1n) is 9.95. The number of anilines is 1. The maximum Gasteiger partial charge on any atom is 0.266 e. The summed E-state index contributed by atoms with van der Waals surface area (Å²) in [5.41, 5.74) is 1.98. The minimum absolute atomic E-state index is 0.105. The van der Waals surface area contributed by atoms with E-state index in [0.717, 1.165) is 43.0 Å². The Kier molecular flexibility index (Phi) is 4.49. The summed E-state index contributed by atoms with van der Waals surface area (Å²) >= 11 is 0. The lowest BCUT2D eigenvalue weighted by atomic mass is 9.96. The van der Waals surface area contributed by atoms with Crippen LogP contribution in [0, 0.1) is 19.8 Å². The average Bonchev–Trinajstić information content (AvgIpc) is 3.43. The zero-order valence-electron chi connectivity index (χ0n) is 16.9. The van der Waals surface area contributed by atoms with E-state index in [1.54, 1.807) is 17.1 Å². The van der Waals surface area contributed by atoms with Crippen molar-refractivity contribution in [2.75, 3.05) is 18.0 Å². The molecule has 0 aliphatic carbocycles. The number of piperidine rings is 1. The van der Waals surface area contributed by atoms with Crippen molar-refractivity contribution in [3.63, 3.8) is 0 Å². The maximum atomic E-state index is 12.3. The highest BCUT2D eigenvalue weighted by Gasteiger charge is 2.24. The summed E-state index contributed by atoms with van der Waals surface area (Å²) in [4.78, 5) is 27.3. The van der Waals surface area contributed by atoms with Gasteiger partial charge < -0.3 is 4.90 Å². The summed E-state index contributed by atoms with van der Waals surface area (Å²) < 4.78 is 4.90. The predicted molar refractivity (Wildman–Crippen MR) is 109 cm³/mol. The Balaban J connectivity index is 1.33. The van der Waals surface area contributed by atoms with E-state index in [1.165, 1.54) is 23.4 Å². The predicted octanol–water partition coefficient (Wildman–Crippen LogP) is 0.795. The van der Waals surface area contributed by atoms with Gasteiger partial charge >= 0.3 is 0 Å². The minimum atomic E-state index is -0.105. The second-order valence-corrected chi connectivity index (χ2v) is 7.60. The quantitative estimate of drug-likeness (QED) is 0.489. The van der Waals surface area contributed by atoms with Crippen LogP contribution in [0.1, 0.15) is 24.1 Å². The third-order valence-corrected chi connectivity index (χ3v) is 5.73. The lowest BCUT2D eigenvalue weighted by molar-refractivity contribution is 0.333. The molecule has 1 saturated heterocycles. The molecular formula is C19H22N10O. The highest BCUT2D eigenvalue weighted by atomic mass is 16.1. The summed E-state index contributed by atoms with van der Waals surface area (Å²) in [6, 6.07) is 3.19. The number of hydrogen-bond acceptors (Lipinski definition) is 8. The van der Waals surface area contributed by atoms with Crippen LogP contribution in [0.5, 0.6) is 0 Å². The first kappa shape index (κ1) is 18.4. The zero-order valence-corrected chi connectivity index (χ0v) is 16.9. The van der Waals surface area contributed by atoms with Gasteiger partial charge in [-0.25, -0.2) is 19.3 Å². The second kappa shape index (κ2) is 7.32. The molecule has 1 fully saturated rings. The van der Waals surface area contributed by atoms with Gasteiger partial charge in [0.2, 0.25) is 0 Å². The summed E-state index contributed by atoms with van der Waals surface area (Å²) in [6.45, 7) is 6.41. The lowest BCUT2D eigenvalue weighted by Gasteiger charge is -2.34. The van der Waals surface area contributed by atoms with Gasteiger partial charge in [-0.2, -0.15) is 19.7 Å². The molecule has 5 rings (SSSR count). The second-order valence-electron chi connectivity index (χ2n) is 7.60. The van der Waals surface area contributed by atoms with Gasteiger partial charge in [0.1, 0.15) is 24.8 Å². The summed E-state index contributed by atoms with van der Waals surface area (Å²) in [5.74, 6) is 2.63. The van der Waals surface area contributed by atoms with Gasteiger partial charge in [-0.3, -0.25) is 4.79 Å². The molecule has 30 heavy (non-hydrogen) atoms. The smallest absolute Gasteiger partial charge is 0.266 e. The van der Waals surface area contributed by atoms with Crippen molar-refractivity contribution in [3.05, 3.63) is 52.7 Å². The molecule has 0 radical (unpaired) electrons. The van der Waals surface area contributed by atoms with Gasteiger partial charge in [-0.15, -0.1) is 5.10 Å². The van der Waals surface area contributed by atoms with Gasteiger partial charge in [-0.1, -0.05) is 0 Å². The molecule has 0 amide bonds. The molecule has 1 aliphatic heterocycles. The van der Waals surface area contributed by atoms with Crippen molar-refractivity contribution < 1.29 is 0 Å². The van der Waals surface area contributed by atoms with Crippen LogP contribution in [-0.4, -0.2) is 57.2 Å². The van der Waals surface area contributed by atoms with Crippen LogP contribution < -0.4 is 10.5 Å². The lowest BCUT2D eigenvalue weighted by Crippen LogP contribution is -2.38. The Hall–Kier alpha value is -3.63. The largest absolute Gasteiger partial charge is 0.356 e. The molecule has 0 aromatic carbocycles. The van der Waals surface area contributed by atoms with Crippen LogP contribution in [0.4, 0.5) is 5.82 Å². The SMILES string of the molecule is Cc1nc2ncnn2c(N2CCC(Cn3nc(-n4cncn4)ccc3=O)CC2)c1C.